The van der Waals surface area contributed by atoms with E-state index in [0.29, 0.717) is 18.5 Å². The average molecular weight is 267 g/mol. The number of hydrogen-bond acceptors (Lipinski definition) is 2. The molecule has 1 amide bonds. The van der Waals surface area contributed by atoms with Crippen LogP contribution in [-0.2, 0) is 4.79 Å². The Morgan fingerprint density at radius 1 is 1.05 bits per heavy atom. The van der Waals surface area contributed by atoms with Gasteiger partial charge in [-0.05, 0) is 44.4 Å². The van der Waals surface area contributed by atoms with Gasteiger partial charge in [0.2, 0.25) is 5.91 Å². The summed E-state index contributed by atoms with van der Waals surface area (Å²) in [5, 5.41) is 9.26. The van der Waals surface area contributed by atoms with Crippen molar-refractivity contribution in [2.75, 3.05) is 13.2 Å². The minimum Gasteiger partial charge on any atom is -0.395 e. The molecule has 0 atom stereocenters. The molecule has 2 rings (SSSR count). The molecule has 2 saturated carbocycles. The molecule has 0 aliphatic heterocycles. The second-order valence-electron chi connectivity index (χ2n) is 6.50. The van der Waals surface area contributed by atoms with E-state index >= 15 is 0 Å². The van der Waals surface area contributed by atoms with E-state index in [-0.39, 0.29) is 12.5 Å². The largest absolute Gasteiger partial charge is 0.395 e. The second-order valence-corrected chi connectivity index (χ2v) is 6.50. The minimum absolute atomic E-state index is 0.103. The maximum Gasteiger partial charge on any atom is 0.226 e. The maximum atomic E-state index is 12.7. The number of rotatable bonds is 4. The van der Waals surface area contributed by atoms with Gasteiger partial charge in [0.25, 0.3) is 0 Å². The van der Waals surface area contributed by atoms with Crippen molar-refractivity contribution in [3.8, 4) is 0 Å². The van der Waals surface area contributed by atoms with Crippen LogP contribution in [0.2, 0.25) is 0 Å². The Balaban J connectivity index is 1.95. The Kier molecular flexibility index (Phi) is 5.68. The summed E-state index contributed by atoms with van der Waals surface area (Å²) in [4.78, 5) is 14.7. The first kappa shape index (κ1) is 14.8. The van der Waals surface area contributed by atoms with Gasteiger partial charge < -0.3 is 10.0 Å². The van der Waals surface area contributed by atoms with Crippen LogP contribution in [0.25, 0.3) is 0 Å². The van der Waals surface area contributed by atoms with Crippen LogP contribution in [0.15, 0.2) is 0 Å². The van der Waals surface area contributed by atoms with E-state index in [9.17, 15) is 9.90 Å². The van der Waals surface area contributed by atoms with Crippen LogP contribution in [0.4, 0.5) is 0 Å². The lowest BCUT2D eigenvalue weighted by Gasteiger charge is -2.37. The molecule has 0 saturated heterocycles. The van der Waals surface area contributed by atoms with E-state index in [4.69, 9.17) is 0 Å². The molecule has 0 aromatic rings. The van der Waals surface area contributed by atoms with Crippen LogP contribution >= 0.6 is 0 Å². The molecule has 2 aliphatic rings. The molecule has 0 spiro atoms. The highest BCUT2D eigenvalue weighted by atomic mass is 16.3. The first-order chi connectivity index (χ1) is 9.22. The van der Waals surface area contributed by atoms with Gasteiger partial charge in [-0.2, -0.15) is 0 Å². The van der Waals surface area contributed by atoms with Crippen molar-refractivity contribution in [2.24, 2.45) is 11.8 Å². The van der Waals surface area contributed by atoms with Crippen LogP contribution in [0, 0.1) is 11.8 Å². The molecule has 2 aliphatic carbocycles. The fourth-order valence-corrected chi connectivity index (χ4v) is 3.71. The first-order valence-electron chi connectivity index (χ1n) is 8.13. The zero-order valence-electron chi connectivity index (χ0n) is 12.3. The smallest absolute Gasteiger partial charge is 0.226 e. The summed E-state index contributed by atoms with van der Waals surface area (Å²) >= 11 is 0. The lowest BCUT2D eigenvalue weighted by atomic mass is 9.81. The number of nitrogens with zero attached hydrogens (tertiary/aromatic N) is 1. The van der Waals surface area contributed by atoms with Crippen molar-refractivity contribution >= 4 is 5.91 Å². The predicted octanol–water partition coefficient (Wildman–Crippen LogP) is 2.97. The molecule has 0 aromatic heterocycles. The molecule has 0 heterocycles. The Morgan fingerprint density at radius 2 is 1.68 bits per heavy atom. The van der Waals surface area contributed by atoms with Crippen molar-refractivity contribution in [3.63, 3.8) is 0 Å². The standard InChI is InChI=1S/C16H29NO2/c1-13-7-9-14(10-8-13)16(19)17(11-12-18)15-5-3-2-4-6-15/h13-15,18H,2-12H2,1H3. The van der Waals surface area contributed by atoms with Gasteiger partial charge in [-0.25, -0.2) is 0 Å². The molecule has 1 N–H and O–H groups in total. The van der Waals surface area contributed by atoms with Gasteiger partial charge >= 0.3 is 0 Å². The van der Waals surface area contributed by atoms with Crippen molar-refractivity contribution in [3.05, 3.63) is 0 Å². The van der Waals surface area contributed by atoms with Crippen LogP contribution in [0.3, 0.4) is 0 Å². The van der Waals surface area contributed by atoms with Gasteiger partial charge in [0, 0.05) is 18.5 Å². The summed E-state index contributed by atoms with van der Waals surface area (Å²) in [6, 6.07) is 0.396. The quantitative estimate of drug-likeness (QED) is 0.850. The number of carbonyl (C=O) groups is 1. The number of aliphatic hydroxyl groups is 1. The summed E-state index contributed by atoms with van der Waals surface area (Å²) in [7, 11) is 0. The third kappa shape index (κ3) is 3.95. The summed E-state index contributed by atoms with van der Waals surface area (Å²) in [6.07, 6.45) is 10.5. The van der Waals surface area contributed by atoms with Gasteiger partial charge in [-0.15, -0.1) is 0 Å². The van der Waals surface area contributed by atoms with Crippen LogP contribution < -0.4 is 0 Å². The predicted molar refractivity (Wildman–Crippen MR) is 76.8 cm³/mol. The zero-order chi connectivity index (χ0) is 13.7. The fourth-order valence-electron chi connectivity index (χ4n) is 3.71. The van der Waals surface area contributed by atoms with Crippen molar-refractivity contribution in [1.82, 2.24) is 4.90 Å². The van der Waals surface area contributed by atoms with Gasteiger partial charge in [-0.1, -0.05) is 26.2 Å². The van der Waals surface area contributed by atoms with E-state index in [1.807, 2.05) is 4.90 Å². The lowest BCUT2D eigenvalue weighted by molar-refractivity contribution is -0.140. The highest BCUT2D eigenvalue weighted by Gasteiger charge is 2.31. The highest BCUT2D eigenvalue weighted by Crippen LogP contribution is 2.31. The SMILES string of the molecule is CC1CCC(C(=O)N(CCO)C2CCCCC2)CC1. The molecule has 0 aromatic carbocycles. The average Bonchev–Trinajstić information content (AvgIpc) is 2.46. The van der Waals surface area contributed by atoms with E-state index in [0.717, 1.165) is 31.6 Å². The summed E-state index contributed by atoms with van der Waals surface area (Å²) in [5.74, 6) is 1.34. The van der Waals surface area contributed by atoms with E-state index in [1.165, 1.54) is 32.1 Å². The molecular formula is C16H29NO2. The monoisotopic (exact) mass is 267 g/mol. The van der Waals surface area contributed by atoms with Crippen LogP contribution in [0.5, 0.6) is 0 Å². The highest BCUT2D eigenvalue weighted by molar-refractivity contribution is 5.79. The molecule has 0 unspecified atom stereocenters. The van der Waals surface area contributed by atoms with Crippen molar-refractivity contribution in [2.45, 2.75) is 70.8 Å². The Bertz CT molecular complexity index is 278. The Labute approximate surface area is 117 Å². The van der Waals surface area contributed by atoms with E-state index in [2.05, 4.69) is 6.92 Å². The first-order valence-corrected chi connectivity index (χ1v) is 8.13. The third-order valence-electron chi connectivity index (χ3n) is 5.00. The van der Waals surface area contributed by atoms with Gasteiger partial charge in [-0.3, -0.25) is 4.79 Å². The van der Waals surface area contributed by atoms with Crippen LogP contribution in [-0.4, -0.2) is 35.1 Å². The maximum absolute atomic E-state index is 12.7. The lowest BCUT2D eigenvalue weighted by Crippen LogP contribution is -2.46. The van der Waals surface area contributed by atoms with Gasteiger partial charge in [0.15, 0.2) is 0 Å². The molecule has 0 bridgehead atoms. The van der Waals surface area contributed by atoms with Crippen molar-refractivity contribution < 1.29 is 9.90 Å². The second kappa shape index (κ2) is 7.28. The summed E-state index contributed by atoms with van der Waals surface area (Å²) in [6.45, 7) is 2.92. The number of aliphatic hydroxyl groups excluding tert-OH is 1. The molecule has 0 radical (unpaired) electrons. The normalized spacial score (nSPS) is 29.2. The molecule has 19 heavy (non-hydrogen) atoms. The van der Waals surface area contributed by atoms with Crippen LogP contribution in [0.1, 0.15) is 64.7 Å². The number of carbonyl (C=O) groups excluding carboxylic acids is 1. The van der Waals surface area contributed by atoms with Gasteiger partial charge in [0.05, 0.1) is 6.61 Å². The minimum atomic E-state index is 0.103. The Hall–Kier alpha value is -0.570. The third-order valence-corrected chi connectivity index (χ3v) is 5.00. The molecule has 3 heteroatoms. The molecule has 3 nitrogen and oxygen atoms in total. The Morgan fingerprint density at radius 3 is 2.26 bits per heavy atom. The molecule has 2 fully saturated rings. The number of hydrogen-bond donors (Lipinski definition) is 1. The van der Waals surface area contributed by atoms with Crippen molar-refractivity contribution in [1.29, 1.82) is 0 Å². The summed E-state index contributed by atoms with van der Waals surface area (Å²) in [5.41, 5.74) is 0. The molecular weight excluding hydrogens is 238 g/mol. The van der Waals surface area contributed by atoms with Gasteiger partial charge in [0.1, 0.15) is 0 Å². The zero-order valence-corrected chi connectivity index (χ0v) is 12.3. The number of amides is 1. The van der Waals surface area contributed by atoms with E-state index < -0.39 is 0 Å². The summed E-state index contributed by atoms with van der Waals surface area (Å²) < 4.78 is 0. The van der Waals surface area contributed by atoms with E-state index in [1.54, 1.807) is 0 Å². The molecule has 110 valence electrons. The topological polar surface area (TPSA) is 40.5 Å². The fraction of sp³-hybridized carbons (Fsp3) is 0.938.